The molecular weight excluding hydrogens is 272 g/mol. The highest BCUT2D eigenvalue weighted by Crippen LogP contribution is 2.76. The first kappa shape index (κ1) is 12.6. The quantitative estimate of drug-likeness (QED) is 0.420. The van der Waals surface area contributed by atoms with Gasteiger partial charge in [-0.05, 0) is 84.4 Å². The van der Waals surface area contributed by atoms with E-state index in [2.05, 4.69) is 19.1 Å². The zero-order valence-corrected chi connectivity index (χ0v) is 13.5. The zero-order valence-electron chi connectivity index (χ0n) is 13.5. The summed E-state index contributed by atoms with van der Waals surface area (Å²) >= 11 is 0. The lowest BCUT2D eigenvalue weighted by Gasteiger charge is -2.47. The molecule has 118 valence electrons. The van der Waals surface area contributed by atoms with E-state index in [0.717, 1.165) is 53.3 Å². The van der Waals surface area contributed by atoms with Crippen LogP contribution in [0.25, 0.3) is 0 Å². The number of allylic oxidation sites excluding steroid dienone is 2. The Morgan fingerprint density at radius 2 is 1.45 bits per heavy atom. The van der Waals surface area contributed by atoms with Gasteiger partial charge < -0.3 is 4.74 Å². The van der Waals surface area contributed by atoms with E-state index in [0.29, 0.717) is 11.8 Å². The Hall–Kier alpha value is -0.790. The largest absolute Gasteiger partial charge is 0.462 e. The van der Waals surface area contributed by atoms with Gasteiger partial charge in [-0.25, -0.2) is 0 Å². The minimum atomic E-state index is -0.0650. The summed E-state index contributed by atoms with van der Waals surface area (Å²) in [6.45, 7) is 3.95. The molecule has 0 radical (unpaired) electrons. The second-order valence-electron chi connectivity index (χ2n) is 9.32. The molecule has 0 aromatic carbocycles. The van der Waals surface area contributed by atoms with Crippen LogP contribution in [-0.4, -0.2) is 12.1 Å². The molecule has 22 heavy (non-hydrogen) atoms. The van der Waals surface area contributed by atoms with Crippen molar-refractivity contribution < 1.29 is 9.53 Å². The first-order chi connectivity index (χ1) is 10.6. The average Bonchev–Trinajstić information content (AvgIpc) is 3.26. The third kappa shape index (κ3) is 1.22. The van der Waals surface area contributed by atoms with Crippen LogP contribution in [0.1, 0.15) is 33.1 Å². The summed E-state index contributed by atoms with van der Waals surface area (Å²) < 4.78 is 5.79. The molecular formula is C20H26O2. The number of hydrogen-bond acceptors (Lipinski definition) is 2. The van der Waals surface area contributed by atoms with Crippen molar-refractivity contribution in [3.05, 3.63) is 12.2 Å². The predicted octanol–water partition coefficient (Wildman–Crippen LogP) is 3.52. The molecule has 0 spiro atoms. The lowest BCUT2D eigenvalue weighted by Crippen LogP contribution is -2.46. The maximum Gasteiger partial charge on any atom is 0.302 e. The van der Waals surface area contributed by atoms with E-state index in [1.54, 1.807) is 6.92 Å². The molecule has 0 aromatic heterocycles. The minimum absolute atomic E-state index is 0.0650. The van der Waals surface area contributed by atoms with Gasteiger partial charge in [0.05, 0.1) is 0 Å². The fourth-order valence-corrected chi connectivity index (χ4v) is 8.90. The van der Waals surface area contributed by atoms with E-state index in [1.807, 2.05) is 0 Å². The predicted molar refractivity (Wildman–Crippen MR) is 82.6 cm³/mol. The lowest BCUT2D eigenvalue weighted by molar-refractivity contribution is -0.156. The number of rotatable bonds is 1. The van der Waals surface area contributed by atoms with Gasteiger partial charge in [0.2, 0.25) is 0 Å². The molecule has 2 nitrogen and oxygen atoms in total. The summed E-state index contributed by atoms with van der Waals surface area (Å²) in [4.78, 5) is 11.5. The van der Waals surface area contributed by atoms with Crippen molar-refractivity contribution in [3.8, 4) is 0 Å². The molecule has 0 saturated heterocycles. The fourth-order valence-electron chi connectivity index (χ4n) is 8.90. The van der Waals surface area contributed by atoms with Gasteiger partial charge in [-0.15, -0.1) is 0 Å². The monoisotopic (exact) mass is 298 g/mol. The number of hydrogen-bond donors (Lipinski definition) is 0. The van der Waals surface area contributed by atoms with Crippen LogP contribution in [0.4, 0.5) is 0 Å². The number of carbonyl (C=O) groups is 1. The Morgan fingerprint density at radius 1 is 0.864 bits per heavy atom. The summed E-state index contributed by atoms with van der Waals surface area (Å²) in [6.07, 6.45) is 9.65. The third-order valence-corrected chi connectivity index (χ3v) is 9.00. The number of fused-ring (bicyclic) bond motifs is 16. The molecule has 0 amide bonds. The van der Waals surface area contributed by atoms with Crippen LogP contribution in [0.15, 0.2) is 12.2 Å². The molecule has 2 heteroatoms. The maximum atomic E-state index is 11.5. The Labute approximate surface area is 132 Å². The van der Waals surface area contributed by atoms with Crippen molar-refractivity contribution in [2.75, 3.05) is 0 Å². The van der Waals surface area contributed by atoms with Crippen LogP contribution < -0.4 is 0 Å². The van der Waals surface area contributed by atoms with E-state index in [9.17, 15) is 4.79 Å². The smallest absolute Gasteiger partial charge is 0.302 e. The second-order valence-corrected chi connectivity index (χ2v) is 9.32. The Kier molecular flexibility index (Phi) is 2.19. The maximum absolute atomic E-state index is 11.5. The highest BCUT2D eigenvalue weighted by Gasteiger charge is 2.72. The summed E-state index contributed by atoms with van der Waals surface area (Å²) in [7, 11) is 0. The number of carbonyl (C=O) groups excluding carboxylic acids is 1. The van der Waals surface area contributed by atoms with Gasteiger partial charge in [0.1, 0.15) is 6.10 Å². The Morgan fingerprint density at radius 3 is 2.09 bits per heavy atom. The molecule has 12 atom stereocenters. The van der Waals surface area contributed by atoms with Gasteiger partial charge in [-0.1, -0.05) is 19.1 Å². The normalized spacial score (nSPS) is 65.2. The number of ether oxygens (including phenoxy) is 1. The number of esters is 1. The SMILES string of the molecule is CC(=O)OC1C(C)C2CC1C1C3CC(C4C5C=CC(C5)C34)C21. The molecule has 12 unspecified atom stereocenters. The molecule has 6 rings (SSSR count). The molecule has 6 bridgehead atoms. The van der Waals surface area contributed by atoms with Crippen molar-refractivity contribution in [3.63, 3.8) is 0 Å². The second kappa shape index (κ2) is 3.82. The summed E-state index contributed by atoms with van der Waals surface area (Å²) in [5.41, 5.74) is 0. The lowest BCUT2D eigenvalue weighted by atomic mass is 9.59. The van der Waals surface area contributed by atoms with Gasteiger partial charge in [-0.2, -0.15) is 0 Å². The summed E-state index contributed by atoms with van der Waals surface area (Å²) in [5, 5.41) is 0. The first-order valence-electron chi connectivity index (χ1n) is 9.50. The van der Waals surface area contributed by atoms with Crippen LogP contribution in [0.5, 0.6) is 0 Å². The van der Waals surface area contributed by atoms with Crippen molar-refractivity contribution >= 4 is 5.97 Å². The van der Waals surface area contributed by atoms with E-state index < -0.39 is 0 Å². The zero-order chi connectivity index (χ0) is 14.7. The molecule has 0 aromatic rings. The molecule has 6 aliphatic rings. The highest BCUT2D eigenvalue weighted by atomic mass is 16.5. The summed E-state index contributed by atoms with van der Waals surface area (Å²) in [6, 6.07) is 0. The van der Waals surface area contributed by atoms with E-state index >= 15 is 0 Å². The minimum Gasteiger partial charge on any atom is -0.462 e. The first-order valence-corrected chi connectivity index (χ1v) is 9.50. The highest BCUT2D eigenvalue weighted by molar-refractivity contribution is 5.66. The Balaban J connectivity index is 1.37. The van der Waals surface area contributed by atoms with Crippen LogP contribution >= 0.6 is 0 Å². The average molecular weight is 298 g/mol. The van der Waals surface area contributed by atoms with Gasteiger partial charge in [0, 0.05) is 6.92 Å². The molecule has 0 heterocycles. The molecule has 0 N–H and O–H groups in total. The van der Waals surface area contributed by atoms with Crippen molar-refractivity contribution in [2.24, 2.45) is 65.1 Å². The van der Waals surface area contributed by atoms with E-state index in [4.69, 9.17) is 4.74 Å². The van der Waals surface area contributed by atoms with E-state index in [-0.39, 0.29) is 12.1 Å². The van der Waals surface area contributed by atoms with Gasteiger partial charge in [-0.3, -0.25) is 4.79 Å². The van der Waals surface area contributed by atoms with Gasteiger partial charge >= 0.3 is 5.97 Å². The third-order valence-electron chi connectivity index (χ3n) is 9.00. The molecule has 5 saturated carbocycles. The van der Waals surface area contributed by atoms with Gasteiger partial charge in [0.15, 0.2) is 0 Å². The molecule has 5 fully saturated rings. The standard InChI is InChI=1S/C20H26O2/c1-8-12-6-15(20(8)22-9(2)21)19-14-7-13(18(12)19)16-10-3-4-11(5-10)17(14)16/h3-4,8,10-20H,5-7H2,1-2H3. The Bertz CT molecular complexity index is 580. The van der Waals surface area contributed by atoms with Crippen LogP contribution in [0.2, 0.25) is 0 Å². The van der Waals surface area contributed by atoms with Crippen molar-refractivity contribution in [1.82, 2.24) is 0 Å². The van der Waals surface area contributed by atoms with E-state index in [1.165, 1.54) is 19.3 Å². The van der Waals surface area contributed by atoms with Crippen molar-refractivity contribution in [2.45, 2.75) is 39.2 Å². The van der Waals surface area contributed by atoms with Crippen LogP contribution in [0, 0.1) is 65.1 Å². The topological polar surface area (TPSA) is 26.3 Å². The summed E-state index contributed by atoms with van der Waals surface area (Å²) in [5.74, 6) is 9.75. The van der Waals surface area contributed by atoms with Crippen molar-refractivity contribution in [1.29, 1.82) is 0 Å². The van der Waals surface area contributed by atoms with Crippen LogP contribution in [-0.2, 0) is 9.53 Å². The molecule has 0 aliphatic heterocycles. The van der Waals surface area contributed by atoms with Gasteiger partial charge in [0.25, 0.3) is 0 Å². The van der Waals surface area contributed by atoms with Crippen LogP contribution in [0.3, 0.4) is 0 Å². The fraction of sp³-hybridized carbons (Fsp3) is 0.850. The molecule has 6 aliphatic carbocycles.